The molecule has 0 unspecified atom stereocenters. The monoisotopic (exact) mass is 248 g/mol. The van der Waals surface area contributed by atoms with Crippen LogP contribution in [-0.2, 0) is 4.84 Å². The van der Waals surface area contributed by atoms with Gasteiger partial charge in [0.15, 0.2) is 0 Å². The number of hydrogen-bond donors (Lipinski definition) is 3. The summed E-state index contributed by atoms with van der Waals surface area (Å²) in [5.74, 6) is 0. The van der Waals surface area contributed by atoms with Crippen molar-refractivity contribution in [1.29, 1.82) is 0 Å². The second kappa shape index (κ2) is 7.10. The molecule has 0 atom stereocenters. The summed E-state index contributed by atoms with van der Waals surface area (Å²) in [5, 5.41) is 6.47. The molecular weight excluding hydrogens is 228 g/mol. The molecule has 0 amide bonds. The summed E-state index contributed by atoms with van der Waals surface area (Å²) in [6, 6.07) is 4.06. The number of pyridine rings is 1. The van der Waals surface area contributed by atoms with Crippen molar-refractivity contribution in [2.45, 2.75) is 13.3 Å². The Hall–Kier alpha value is -1.43. The first kappa shape index (κ1) is 13.0. The summed E-state index contributed by atoms with van der Waals surface area (Å²) < 4.78 is 0. The van der Waals surface area contributed by atoms with E-state index in [0.29, 0.717) is 6.73 Å². The van der Waals surface area contributed by atoms with Crippen molar-refractivity contribution in [3.8, 4) is 0 Å². The van der Waals surface area contributed by atoms with Crippen molar-refractivity contribution >= 4 is 11.3 Å². The van der Waals surface area contributed by atoms with Crippen LogP contribution >= 0.6 is 0 Å². The Kier molecular flexibility index (Phi) is 5.14. The number of anilines is 1. The van der Waals surface area contributed by atoms with Gasteiger partial charge in [0.25, 0.3) is 0 Å². The molecule has 3 N–H and O–H groups in total. The molecule has 1 aliphatic rings. The van der Waals surface area contributed by atoms with Gasteiger partial charge in [-0.05, 0) is 30.7 Å². The molecule has 18 heavy (non-hydrogen) atoms. The van der Waals surface area contributed by atoms with E-state index in [9.17, 15) is 0 Å². The van der Waals surface area contributed by atoms with Crippen LogP contribution in [0.3, 0.4) is 0 Å². The van der Waals surface area contributed by atoms with Crippen molar-refractivity contribution in [3.05, 3.63) is 30.1 Å². The third-order valence-corrected chi connectivity index (χ3v) is 2.71. The first-order valence-corrected chi connectivity index (χ1v) is 6.35. The molecule has 98 valence electrons. The topological polar surface area (TPSA) is 58.2 Å². The van der Waals surface area contributed by atoms with E-state index >= 15 is 0 Å². The Bertz CT molecular complexity index is 388. The number of rotatable bonds is 6. The van der Waals surface area contributed by atoms with Gasteiger partial charge in [-0.3, -0.25) is 9.82 Å². The highest BCUT2D eigenvalue weighted by Gasteiger charge is 2.06. The first-order chi connectivity index (χ1) is 8.90. The molecule has 1 aromatic heterocycles. The second-order valence-corrected chi connectivity index (χ2v) is 4.09. The molecule has 0 spiro atoms. The van der Waals surface area contributed by atoms with Crippen molar-refractivity contribution in [2.24, 2.45) is 0 Å². The summed E-state index contributed by atoms with van der Waals surface area (Å²) in [6.45, 7) is 5.18. The summed E-state index contributed by atoms with van der Waals surface area (Å²) >= 11 is 0. The molecule has 1 aliphatic heterocycles. The average molecular weight is 248 g/mol. The van der Waals surface area contributed by atoms with Crippen molar-refractivity contribution in [1.82, 2.24) is 15.8 Å². The lowest BCUT2D eigenvalue weighted by Gasteiger charge is -2.14. The molecule has 0 bridgehead atoms. The maximum Gasteiger partial charge on any atom is 0.137 e. The summed E-state index contributed by atoms with van der Waals surface area (Å²) in [5.41, 5.74) is 6.06. The Morgan fingerprint density at radius 2 is 2.39 bits per heavy atom. The highest BCUT2D eigenvalue weighted by molar-refractivity contribution is 5.65. The Morgan fingerprint density at radius 1 is 1.44 bits per heavy atom. The maximum absolute atomic E-state index is 5.12. The van der Waals surface area contributed by atoms with Gasteiger partial charge in [0.2, 0.25) is 0 Å². The molecule has 0 aromatic carbocycles. The highest BCUT2D eigenvalue weighted by atomic mass is 16.7. The van der Waals surface area contributed by atoms with Gasteiger partial charge in [0.1, 0.15) is 6.73 Å². The Morgan fingerprint density at radius 3 is 3.06 bits per heavy atom. The number of hydroxylamine groups is 1. The molecule has 5 heteroatoms. The molecule has 2 heterocycles. The smallest absolute Gasteiger partial charge is 0.137 e. The lowest BCUT2D eigenvalue weighted by Crippen LogP contribution is -2.22. The third kappa shape index (κ3) is 3.80. The second-order valence-electron chi connectivity index (χ2n) is 4.09. The fourth-order valence-electron chi connectivity index (χ4n) is 1.80. The SMILES string of the molecule is CCNOCNc1ccc(C2=CCCNC2)nc1. The van der Waals surface area contributed by atoms with Crippen molar-refractivity contribution in [2.75, 3.05) is 31.7 Å². The van der Waals surface area contributed by atoms with Crippen LogP contribution in [0.15, 0.2) is 24.4 Å². The fourth-order valence-corrected chi connectivity index (χ4v) is 1.80. The minimum atomic E-state index is 0.430. The quantitative estimate of drug-likeness (QED) is 0.403. The van der Waals surface area contributed by atoms with Gasteiger partial charge in [0, 0.05) is 13.1 Å². The molecule has 5 nitrogen and oxygen atoms in total. The minimum absolute atomic E-state index is 0.430. The fraction of sp³-hybridized carbons (Fsp3) is 0.462. The summed E-state index contributed by atoms with van der Waals surface area (Å²) in [4.78, 5) is 9.58. The zero-order chi connectivity index (χ0) is 12.6. The van der Waals surface area contributed by atoms with E-state index in [2.05, 4.69) is 27.2 Å². The van der Waals surface area contributed by atoms with Crippen LogP contribution in [0.4, 0.5) is 5.69 Å². The van der Waals surface area contributed by atoms with Crippen LogP contribution < -0.4 is 16.1 Å². The number of nitrogens with one attached hydrogen (secondary N) is 3. The van der Waals surface area contributed by atoms with E-state index in [1.807, 2.05) is 25.3 Å². The number of hydrogen-bond acceptors (Lipinski definition) is 5. The van der Waals surface area contributed by atoms with E-state index in [-0.39, 0.29) is 0 Å². The van der Waals surface area contributed by atoms with Crippen LogP contribution in [0, 0.1) is 0 Å². The molecule has 0 saturated carbocycles. The number of nitrogens with zero attached hydrogens (tertiary/aromatic N) is 1. The summed E-state index contributed by atoms with van der Waals surface area (Å²) in [7, 11) is 0. The van der Waals surface area contributed by atoms with Crippen LogP contribution in [-0.4, -0.2) is 31.3 Å². The highest BCUT2D eigenvalue weighted by Crippen LogP contribution is 2.16. The standard InChI is InChI=1S/C13H20N4O/c1-2-17-18-10-16-12-5-6-13(15-9-12)11-4-3-7-14-8-11/h4-6,9,14,16-17H,2-3,7-8,10H2,1H3. The molecule has 1 aromatic rings. The van der Waals surface area contributed by atoms with Gasteiger partial charge in [-0.25, -0.2) is 5.48 Å². The van der Waals surface area contributed by atoms with Crippen LogP contribution in [0.2, 0.25) is 0 Å². The predicted octanol–water partition coefficient (Wildman–Crippen LogP) is 1.37. The van der Waals surface area contributed by atoms with Crippen molar-refractivity contribution in [3.63, 3.8) is 0 Å². The van der Waals surface area contributed by atoms with Crippen LogP contribution in [0.1, 0.15) is 19.0 Å². The summed E-state index contributed by atoms with van der Waals surface area (Å²) in [6.07, 6.45) is 5.16. The van der Waals surface area contributed by atoms with E-state index in [1.165, 1.54) is 5.57 Å². The predicted molar refractivity (Wildman–Crippen MR) is 73.0 cm³/mol. The lowest BCUT2D eigenvalue weighted by atomic mass is 10.1. The Balaban J connectivity index is 1.87. The molecule has 0 radical (unpaired) electrons. The van der Waals surface area contributed by atoms with E-state index in [1.54, 1.807) is 0 Å². The third-order valence-electron chi connectivity index (χ3n) is 2.71. The molecule has 0 aliphatic carbocycles. The van der Waals surface area contributed by atoms with Gasteiger partial charge >= 0.3 is 0 Å². The first-order valence-electron chi connectivity index (χ1n) is 6.35. The molecule has 0 fully saturated rings. The van der Waals surface area contributed by atoms with Crippen molar-refractivity contribution < 1.29 is 4.84 Å². The van der Waals surface area contributed by atoms with Gasteiger partial charge < -0.3 is 10.6 Å². The minimum Gasteiger partial charge on any atom is -0.360 e. The van der Waals surface area contributed by atoms with Gasteiger partial charge in [-0.15, -0.1) is 0 Å². The zero-order valence-corrected chi connectivity index (χ0v) is 10.7. The van der Waals surface area contributed by atoms with Gasteiger partial charge in [-0.1, -0.05) is 13.0 Å². The van der Waals surface area contributed by atoms with Crippen LogP contribution in [0.5, 0.6) is 0 Å². The van der Waals surface area contributed by atoms with Gasteiger partial charge in [0.05, 0.1) is 17.6 Å². The molecule has 2 rings (SSSR count). The van der Waals surface area contributed by atoms with E-state index in [4.69, 9.17) is 4.84 Å². The molecular formula is C13H20N4O. The maximum atomic E-state index is 5.12. The average Bonchev–Trinajstić information content (AvgIpc) is 2.45. The zero-order valence-electron chi connectivity index (χ0n) is 10.7. The van der Waals surface area contributed by atoms with Crippen LogP contribution in [0.25, 0.3) is 5.57 Å². The van der Waals surface area contributed by atoms with Gasteiger partial charge in [-0.2, -0.15) is 0 Å². The normalized spacial score (nSPS) is 15.3. The van der Waals surface area contributed by atoms with E-state index in [0.717, 1.165) is 37.4 Å². The Labute approximate surface area is 108 Å². The lowest BCUT2D eigenvalue weighted by molar-refractivity contribution is 0.0584. The number of aromatic nitrogens is 1. The largest absolute Gasteiger partial charge is 0.360 e. The van der Waals surface area contributed by atoms with E-state index < -0.39 is 0 Å². The molecule has 0 saturated heterocycles.